The van der Waals surface area contributed by atoms with Gasteiger partial charge in [-0.2, -0.15) is 0 Å². The summed E-state index contributed by atoms with van der Waals surface area (Å²) in [5.74, 6) is -2.33. The van der Waals surface area contributed by atoms with E-state index in [-0.39, 0.29) is 10.9 Å². The van der Waals surface area contributed by atoms with E-state index in [2.05, 4.69) is 39.3 Å². The van der Waals surface area contributed by atoms with Gasteiger partial charge in [0, 0.05) is 17.8 Å². The van der Waals surface area contributed by atoms with Gasteiger partial charge in [0.1, 0.15) is 5.82 Å². The van der Waals surface area contributed by atoms with Crippen LogP contribution in [-0.4, -0.2) is 5.71 Å². The largest absolute Gasteiger partial charge is 0.266 e. The highest BCUT2D eigenvalue weighted by molar-refractivity contribution is 6.31. The molecule has 0 saturated heterocycles. The zero-order valence-corrected chi connectivity index (χ0v) is 27.8. The molecule has 0 radical (unpaired) electrons. The number of rotatable bonds is 14. The summed E-state index contributed by atoms with van der Waals surface area (Å²) >= 11 is 6.12. The Morgan fingerprint density at radius 1 is 0.929 bits per heavy atom. The van der Waals surface area contributed by atoms with Gasteiger partial charge in [-0.25, -0.2) is 13.2 Å². The monoisotopic (exact) mass is 601 g/mol. The van der Waals surface area contributed by atoms with Crippen molar-refractivity contribution in [1.29, 1.82) is 0 Å². The van der Waals surface area contributed by atoms with Gasteiger partial charge < -0.3 is 0 Å². The van der Waals surface area contributed by atoms with Crippen molar-refractivity contribution in [2.24, 2.45) is 4.99 Å². The molecule has 0 aliphatic carbocycles. The zero-order valence-electron chi connectivity index (χ0n) is 27.1. The minimum atomic E-state index is -0.797. The summed E-state index contributed by atoms with van der Waals surface area (Å²) < 4.78 is 42.9. The molecule has 2 rings (SSSR count). The fourth-order valence-corrected chi connectivity index (χ4v) is 5.00. The van der Waals surface area contributed by atoms with Crippen LogP contribution in [0, 0.1) is 24.4 Å². The fourth-order valence-electron chi connectivity index (χ4n) is 4.83. The van der Waals surface area contributed by atoms with Crippen molar-refractivity contribution in [1.82, 2.24) is 0 Å². The lowest BCUT2D eigenvalue weighted by molar-refractivity contribution is 0.490. The Kier molecular flexibility index (Phi) is 17.4. The van der Waals surface area contributed by atoms with Crippen LogP contribution in [0.1, 0.15) is 128 Å². The maximum absolute atomic E-state index is 14.6. The number of benzene rings is 2. The average Bonchev–Trinajstić information content (AvgIpc) is 2.94. The molecule has 1 nitrogen and oxygen atoms in total. The average molecular weight is 602 g/mol. The molecule has 42 heavy (non-hydrogen) atoms. The lowest BCUT2D eigenvalue weighted by Crippen LogP contribution is -2.06. The van der Waals surface area contributed by atoms with E-state index in [4.69, 9.17) is 11.6 Å². The van der Waals surface area contributed by atoms with Gasteiger partial charge in [0.2, 0.25) is 0 Å². The molecule has 0 saturated carbocycles. The molecule has 0 aliphatic heterocycles. The first-order valence-electron chi connectivity index (χ1n) is 15.4. The normalized spacial score (nSPS) is 13.1. The number of unbranched alkanes of at least 4 members (excludes halogenated alkanes) is 1. The van der Waals surface area contributed by atoms with E-state index in [1.165, 1.54) is 18.2 Å². The van der Waals surface area contributed by atoms with Crippen molar-refractivity contribution in [3.05, 3.63) is 99.0 Å². The highest BCUT2D eigenvalue weighted by Crippen LogP contribution is 2.38. The Morgan fingerprint density at radius 2 is 1.60 bits per heavy atom. The summed E-state index contributed by atoms with van der Waals surface area (Å²) in [6, 6.07) is 6.47. The van der Waals surface area contributed by atoms with E-state index in [1.807, 2.05) is 33.0 Å². The Hall–Kier alpha value is -2.59. The third-order valence-corrected chi connectivity index (χ3v) is 7.75. The maximum Gasteiger partial charge on any atom is 0.162 e. The van der Waals surface area contributed by atoms with Crippen LogP contribution in [-0.2, 0) is 6.42 Å². The van der Waals surface area contributed by atoms with Crippen molar-refractivity contribution in [2.45, 2.75) is 119 Å². The van der Waals surface area contributed by atoms with Crippen LogP contribution < -0.4 is 0 Å². The van der Waals surface area contributed by atoms with Crippen LogP contribution in [0.5, 0.6) is 0 Å². The van der Waals surface area contributed by atoms with Crippen LogP contribution in [0.2, 0.25) is 5.02 Å². The highest BCUT2D eigenvalue weighted by atomic mass is 35.5. The molecule has 0 amide bonds. The van der Waals surface area contributed by atoms with Crippen molar-refractivity contribution < 1.29 is 13.2 Å². The minimum absolute atomic E-state index is 0.0851. The van der Waals surface area contributed by atoms with Gasteiger partial charge >= 0.3 is 0 Å². The topological polar surface area (TPSA) is 12.4 Å². The fraction of sp³-hybridized carbons (Fsp3) is 0.486. The number of hydrogen-bond acceptors (Lipinski definition) is 1. The molecular weight excluding hydrogens is 551 g/mol. The summed E-state index contributed by atoms with van der Waals surface area (Å²) in [6.45, 7) is 19.9. The number of aliphatic imine (C=N–C) groups is 1. The smallest absolute Gasteiger partial charge is 0.162 e. The Labute approximate surface area is 258 Å². The molecule has 1 atom stereocenters. The van der Waals surface area contributed by atoms with Crippen LogP contribution in [0.15, 0.2) is 59.3 Å². The van der Waals surface area contributed by atoms with E-state index in [9.17, 15) is 13.2 Å². The van der Waals surface area contributed by atoms with E-state index < -0.39 is 17.5 Å². The number of nitrogens with zero attached hydrogens (tertiary/aromatic N) is 1. The van der Waals surface area contributed by atoms with Gasteiger partial charge in [-0.05, 0) is 98.9 Å². The number of aryl methyl sites for hydroxylation is 2. The summed E-state index contributed by atoms with van der Waals surface area (Å²) in [5.41, 5.74) is 6.82. The SMILES string of the molecule is C=C(/C=C\N=C(C)CCC)CCC.CCCC/C(=C(/C)C(C)c1ccc(C)c(F)c1F)c1cc(Cl)c(F)cc1CCC. The molecule has 0 fully saturated rings. The summed E-state index contributed by atoms with van der Waals surface area (Å²) in [6.07, 6.45) is 12.7. The quantitative estimate of drug-likeness (QED) is 0.151. The van der Waals surface area contributed by atoms with Crippen molar-refractivity contribution in [2.75, 3.05) is 0 Å². The van der Waals surface area contributed by atoms with E-state index in [0.29, 0.717) is 11.1 Å². The minimum Gasteiger partial charge on any atom is -0.266 e. The van der Waals surface area contributed by atoms with Crippen LogP contribution in [0.4, 0.5) is 13.2 Å². The lowest BCUT2D eigenvalue weighted by Gasteiger charge is -2.22. The molecule has 0 bridgehead atoms. The first-order chi connectivity index (χ1) is 19.9. The van der Waals surface area contributed by atoms with Gasteiger partial charge in [0.05, 0.1) is 5.02 Å². The predicted octanol–water partition coefficient (Wildman–Crippen LogP) is 12.9. The molecular formula is C37H51ClF3N. The standard InChI is InChI=1S/C25H30ClF3.C12H21N/c1-6-8-10-19(21-14-22(26)23(27)13-18(21)9-7-2)16(4)17(5)20-12-11-15(3)24(28)25(20)29;1-5-7-11(3)9-10-13-12(4)8-6-2/h11-14,17H,6-10H2,1-5H3;9-10H,3,5-8H2,1-2,4H3/b19-16+;10-9-,13-12?. The molecule has 0 N–H and O–H groups in total. The third kappa shape index (κ3) is 11.6. The first kappa shape index (κ1) is 37.4. The predicted molar refractivity (Wildman–Crippen MR) is 178 cm³/mol. The van der Waals surface area contributed by atoms with Crippen molar-refractivity contribution in [3.8, 4) is 0 Å². The Bertz CT molecular complexity index is 1260. The van der Waals surface area contributed by atoms with Gasteiger partial charge in [0.15, 0.2) is 11.6 Å². The van der Waals surface area contributed by atoms with Crippen LogP contribution in [0.25, 0.3) is 5.57 Å². The molecule has 0 spiro atoms. The Balaban J connectivity index is 0.000000572. The second kappa shape index (κ2) is 19.6. The van der Waals surface area contributed by atoms with Gasteiger partial charge in [-0.15, -0.1) is 0 Å². The molecule has 0 aliphatic rings. The molecule has 2 aromatic rings. The van der Waals surface area contributed by atoms with Crippen molar-refractivity contribution >= 4 is 22.9 Å². The maximum atomic E-state index is 14.6. The number of hydrogen-bond donors (Lipinski definition) is 0. The number of halogens is 4. The molecule has 0 heterocycles. The lowest BCUT2D eigenvalue weighted by atomic mass is 9.83. The van der Waals surface area contributed by atoms with E-state index in [0.717, 1.165) is 79.2 Å². The zero-order chi connectivity index (χ0) is 31.8. The van der Waals surface area contributed by atoms with Crippen LogP contribution >= 0.6 is 11.6 Å². The second-order valence-corrected chi connectivity index (χ2v) is 11.5. The summed E-state index contributed by atoms with van der Waals surface area (Å²) in [5, 5.41) is 0.0851. The highest BCUT2D eigenvalue weighted by Gasteiger charge is 2.22. The Morgan fingerprint density at radius 3 is 2.19 bits per heavy atom. The summed E-state index contributed by atoms with van der Waals surface area (Å²) in [7, 11) is 0. The molecule has 5 heteroatoms. The molecule has 2 aromatic carbocycles. The summed E-state index contributed by atoms with van der Waals surface area (Å²) in [4.78, 5) is 4.31. The second-order valence-electron chi connectivity index (χ2n) is 11.1. The van der Waals surface area contributed by atoms with E-state index >= 15 is 0 Å². The molecule has 0 aromatic heterocycles. The van der Waals surface area contributed by atoms with Gasteiger partial charge in [-0.1, -0.05) is 102 Å². The first-order valence-corrected chi connectivity index (χ1v) is 15.8. The van der Waals surface area contributed by atoms with Crippen molar-refractivity contribution in [3.63, 3.8) is 0 Å². The van der Waals surface area contributed by atoms with Crippen LogP contribution in [0.3, 0.4) is 0 Å². The van der Waals surface area contributed by atoms with Gasteiger partial charge in [0.25, 0.3) is 0 Å². The molecule has 1 unspecified atom stereocenters. The third-order valence-electron chi connectivity index (χ3n) is 7.46. The van der Waals surface area contributed by atoms with E-state index in [1.54, 1.807) is 25.1 Å². The van der Waals surface area contributed by atoms with Gasteiger partial charge in [-0.3, -0.25) is 4.99 Å². The molecule has 232 valence electrons. The number of allylic oxidation sites excluding steroid dienone is 4.